The molecule has 0 aromatic heterocycles. The van der Waals surface area contributed by atoms with E-state index in [4.69, 9.17) is 0 Å². The van der Waals surface area contributed by atoms with Gasteiger partial charge >= 0.3 is 0 Å². The van der Waals surface area contributed by atoms with Gasteiger partial charge in [0.15, 0.2) is 0 Å². The first-order chi connectivity index (χ1) is 10.1. The number of hydrogen-bond donors (Lipinski definition) is 0. The van der Waals surface area contributed by atoms with E-state index < -0.39 is 0 Å². The molecule has 2 aliphatic heterocycles. The molecule has 0 spiro atoms. The van der Waals surface area contributed by atoms with Crippen molar-refractivity contribution in [2.45, 2.75) is 52.1 Å². The van der Waals surface area contributed by atoms with Crippen molar-refractivity contribution in [1.29, 1.82) is 0 Å². The van der Waals surface area contributed by atoms with Crippen LogP contribution in [-0.2, 0) is 0 Å². The Balaban J connectivity index is 1.91. The van der Waals surface area contributed by atoms with Crippen molar-refractivity contribution in [3.05, 3.63) is 29.6 Å². The maximum Gasteiger partial charge on any atom is 0.146 e. The van der Waals surface area contributed by atoms with Crippen LogP contribution in [0.15, 0.2) is 18.2 Å². The van der Waals surface area contributed by atoms with Gasteiger partial charge in [-0.05, 0) is 49.9 Å². The number of aryl methyl sites for hydroxylation is 1. The van der Waals surface area contributed by atoms with Gasteiger partial charge in [-0.3, -0.25) is 4.90 Å². The van der Waals surface area contributed by atoms with E-state index in [1.165, 1.54) is 25.8 Å². The van der Waals surface area contributed by atoms with Gasteiger partial charge in [-0.2, -0.15) is 0 Å². The highest BCUT2D eigenvalue weighted by Crippen LogP contribution is 2.32. The van der Waals surface area contributed by atoms with Gasteiger partial charge in [0.1, 0.15) is 5.82 Å². The van der Waals surface area contributed by atoms with Crippen molar-refractivity contribution in [3.8, 4) is 0 Å². The van der Waals surface area contributed by atoms with Crippen LogP contribution in [0.4, 0.5) is 10.1 Å². The van der Waals surface area contributed by atoms with Gasteiger partial charge in [-0.25, -0.2) is 4.39 Å². The molecule has 2 fully saturated rings. The molecule has 21 heavy (non-hydrogen) atoms. The Morgan fingerprint density at radius 1 is 1.19 bits per heavy atom. The van der Waals surface area contributed by atoms with Crippen molar-refractivity contribution >= 4 is 5.69 Å². The number of rotatable bonds is 2. The summed E-state index contributed by atoms with van der Waals surface area (Å²) < 4.78 is 14.4. The molecule has 0 amide bonds. The maximum absolute atomic E-state index is 14.4. The maximum atomic E-state index is 14.4. The topological polar surface area (TPSA) is 6.48 Å². The molecule has 2 heterocycles. The highest BCUT2D eigenvalue weighted by atomic mass is 19.1. The van der Waals surface area contributed by atoms with Crippen LogP contribution in [-0.4, -0.2) is 36.6 Å². The lowest BCUT2D eigenvalue weighted by Gasteiger charge is -2.50. The highest BCUT2D eigenvalue weighted by molar-refractivity contribution is 5.51. The summed E-state index contributed by atoms with van der Waals surface area (Å²) in [5.41, 5.74) is 1.94. The zero-order valence-electron chi connectivity index (χ0n) is 13.5. The monoisotopic (exact) mass is 290 g/mol. The molecule has 0 bridgehead atoms. The summed E-state index contributed by atoms with van der Waals surface area (Å²) in [6.07, 6.45) is 3.90. The molecule has 3 rings (SSSR count). The second kappa shape index (κ2) is 5.96. The minimum absolute atomic E-state index is 0.0736. The number of anilines is 1. The van der Waals surface area contributed by atoms with Crippen LogP contribution in [0.2, 0.25) is 0 Å². The minimum atomic E-state index is -0.0736. The summed E-state index contributed by atoms with van der Waals surface area (Å²) in [6.45, 7) is 9.84. The third-order valence-electron chi connectivity index (χ3n) is 5.16. The van der Waals surface area contributed by atoms with E-state index in [0.717, 1.165) is 24.3 Å². The van der Waals surface area contributed by atoms with Crippen molar-refractivity contribution in [2.24, 2.45) is 5.92 Å². The average Bonchev–Trinajstić information content (AvgIpc) is 2.48. The second-order valence-corrected chi connectivity index (χ2v) is 7.06. The summed E-state index contributed by atoms with van der Waals surface area (Å²) in [6, 6.07) is 6.52. The molecule has 3 heteroatoms. The molecule has 0 radical (unpaired) electrons. The lowest BCUT2D eigenvalue weighted by Crippen LogP contribution is -2.61. The summed E-state index contributed by atoms with van der Waals surface area (Å²) in [5.74, 6) is 0.461. The molecule has 2 saturated heterocycles. The molecule has 0 saturated carbocycles. The molecule has 116 valence electrons. The van der Waals surface area contributed by atoms with E-state index in [9.17, 15) is 4.39 Å². The van der Waals surface area contributed by atoms with Gasteiger partial charge in [-0.1, -0.05) is 26.3 Å². The first kappa shape index (κ1) is 14.8. The minimum Gasteiger partial charge on any atom is -0.363 e. The number of halogens is 1. The summed E-state index contributed by atoms with van der Waals surface area (Å²) in [5, 5.41) is 0. The normalized spacial score (nSPS) is 27.0. The van der Waals surface area contributed by atoms with Crippen LogP contribution in [0.3, 0.4) is 0 Å². The van der Waals surface area contributed by atoms with Crippen LogP contribution in [0.25, 0.3) is 0 Å². The fourth-order valence-electron chi connectivity index (χ4n) is 3.90. The molecule has 2 atom stereocenters. The fourth-order valence-corrected chi connectivity index (χ4v) is 3.90. The number of nitrogens with zero attached hydrogens (tertiary/aromatic N) is 2. The van der Waals surface area contributed by atoms with Crippen molar-refractivity contribution < 1.29 is 4.39 Å². The Morgan fingerprint density at radius 3 is 2.76 bits per heavy atom. The van der Waals surface area contributed by atoms with Crippen LogP contribution in [0, 0.1) is 18.7 Å². The Morgan fingerprint density at radius 2 is 2.00 bits per heavy atom. The zero-order chi connectivity index (χ0) is 15.0. The first-order valence-electron chi connectivity index (χ1n) is 8.33. The molecular weight excluding hydrogens is 263 g/mol. The van der Waals surface area contributed by atoms with E-state index in [1.807, 2.05) is 19.1 Å². The predicted molar refractivity (Wildman–Crippen MR) is 86.3 cm³/mol. The standard InChI is InChI=1S/C18H27FN2/c1-13(2)18-12-20-9-5-4-6-15(20)11-21(18)17-10-14(3)7-8-16(17)19/h7-8,10,13,15,18H,4-6,9,11-12H2,1-3H3. The molecule has 1 aromatic rings. The summed E-state index contributed by atoms with van der Waals surface area (Å²) in [4.78, 5) is 4.98. The lowest BCUT2D eigenvalue weighted by molar-refractivity contribution is 0.100. The van der Waals surface area contributed by atoms with Crippen LogP contribution >= 0.6 is 0 Å². The molecule has 0 N–H and O–H groups in total. The summed E-state index contributed by atoms with van der Waals surface area (Å²) in [7, 11) is 0. The zero-order valence-corrected chi connectivity index (χ0v) is 13.5. The van der Waals surface area contributed by atoms with Crippen LogP contribution < -0.4 is 4.90 Å². The Bertz CT molecular complexity index is 500. The van der Waals surface area contributed by atoms with Gasteiger partial charge in [-0.15, -0.1) is 0 Å². The van der Waals surface area contributed by atoms with Gasteiger partial charge in [0.2, 0.25) is 0 Å². The van der Waals surface area contributed by atoms with E-state index >= 15 is 0 Å². The molecule has 0 aliphatic carbocycles. The van der Waals surface area contributed by atoms with Crippen LogP contribution in [0.5, 0.6) is 0 Å². The molecule has 2 nitrogen and oxygen atoms in total. The predicted octanol–water partition coefficient (Wildman–Crippen LogP) is 3.83. The van der Waals surface area contributed by atoms with E-state index in [0.29, 0.717) is 18.0 Å². The van der Waals surface area contributed by atoms with Crippen molar-refractivity contribution in [2.75, 3.05) is 24.5 Å². The van der Waals surface area contributed by atoms with E-state index in [-0.39, 0.29) is 5.82 Å². The number of fused-ring (bicyclic) bond motifs is 1. The van der Waals surface area contributed by atoms with Gasteiger partial charge in [0, 0.05) is 25.2 Å². The average molecular weight is 290 g/mol. The van der Waals surface area contributed by atoms with Crippen LogP contribution in [0.1, 0.15) is 38.7 Å². The Kier molecular flexibility index (Phi) is 4.21. The number of piperazine rings is 1. The SMILES string of the molecule is Cc1ccc(F)c(N2CC3CCCCN3CC2C(C)C)c1. The Hall–Kier alpha value is -1.09. The number of benzene rings is 1. The molecular formula is C18H27FN2. The largest absolute Gasteiger partial charge is 0.363 e. The quantitative estimate of drug-likeness (QED) is 0.816. The van der Waals surface area contributed by atoms with Crippen molar-refractivity contribution in [3.63, 3.8) is 0 Å². The molecule has 1 aromatic carbocycles. The third kappa shape index (κ3) is 2.94. The lowest BCUT2D eigenvalue weighted by atomic mass is 9.91. The first-order valence-corrected chi connectivity index (χ1v) is 8.33. The third-order valence-corrected chi connectivity index (χ3v) is 5.16. The fraction of sp³-hybridized carbons (Fsp3) is 0.667. The van der Waals surface area contributed by atoms with Gasteiger partial charge in [0.25, 0.3) is 0 Å². The molecule has 2 aliphatic rings. The Labute approximate surface area is 127 Å². The molecule has 2 unspecified atom stereocenters. The smallest absolute Gasteiger partial charge is 0.146 e. The highest BCUT2D eigenvalue weighted by Gasteiger charge is 2.37. The number of hydrogen-bond acceptors (Lipinski definition) is 2. The second-order valence-electron chi connectivity index (χ2n) is 7.06. The van der Waals surface area contributed by atoms with Gasteiger partial charge < -0.3 is 4.90 Å². The van der Waals surface area contributed by atoms with Gasteiger partial charge in [0.05, 0.1) is 5.69 Å². The van der Waals surface area contributed by atoms with Crippen molar-refractivity contribution in [1.82, 2.24) is 4.90 Å². The summed E-state index contributed by atoms with van der Waals surface area (Å²) >= 11 is 0. The van der Waals surface area contributed by atoms with E-state index in [2.05, 4.69) is 23.6 Å². The number of piperidine rings is 1. The van der Waals surface area contributed by atoms with E-state index in [1.54, 1.807) is 6.07 Å².